The molecule has 1 unspecified atom stereocenters. The average molecular weight is 584 g/mol. The van der Waals surface area contributed by atoms with Crippen LogP contribution in [0.15, 0.2) is 73.2 Å². The van der Waals surface area contributed by atoms with Crippen LogP contribution in [0.2, 0.25) is 0 Å². The molecule has 0 bridgehead atoms. The fourth-order valence-electron chi connectivity index (χ4n) is 4.90. The molecule has 10 nitrogen and oxygen atoms in total. The van der Waals surface area contributed by atoms with Gasteiger partial charge < -0.3 is 16.0 Å². The lowest BCUT2D eigenvalue weighted by Crippen LogP contribution is -2.20. The summed E-state index contributed by atoms with van der Waals surface area (Å²) in [5.41, 5.74) is 12.2. The van der Waals surface area contributed by atoms with Gasteiger partial charge in [-0.2, -0.15) is 5.10 Å². The van der Waals surface area contributed by atoms with Gasteiger partial charge in [0.1, 0.15) is 22.5 Å². The highest BCUT2D eigenvalue weighted by atomic mass is 32.2. The number of nitrogens with two attached hydrogens (primary N) is 1. The Morgan fingerprint density at radius 3 is 2.64 bits per heavy atom. The van der Waals surface area contributed by atoms with E-state index in [2.05, 4.69) is 30.5 Å². The molecule has 1 atom stereocenters. The van der Waals surface area contributed by atoms with Crippen molar-refractivity contribution in [1.29, 1.82) is 0 Å². The van der Waals surface area contributed by atoms with Crippen molar-refractivity contribution in [3.8, 4) is 33.6 Å². The second-order valence-corrected chi connectivity index (χ2v) is 12.2. The molecule has 0 spiro atoms. The van der Waals surface area contributed by atoms with Crippen LogP contribution in [0.5, 0.6) is 0 Å². The van der Waals surface area contributed by atoms with E-state index in [0.717, 1.165) is 34.4 Å². The molecule has 6 aromatic rings. The van der Waals surface area contributed by atoms with Gasteiger partial charge in [0, 0.05) is 41.4 Å². The zero-order valence-corrected chi connectivity index (χ0v) is 23.5. The first kappa shape index (κ1) is 27.2. The molecule has 0 fully saturated rings. The molecule has 0 saturated heterocycles. The van der Waals surface area contributed by atoms with Crippen molar-refractivity contribution in [3.63, 3.8) is 0 Å². The van der Waals surface area contributed by atoms with Crippen LogP contribution in [-0.2, 0) is 14.6 Å². The molecular weight excluding hydrogens is 557 g/mol. The maximum Gasteiger partial charge on any atom is 0.224 e. The van der Waals surface area contributed by atoms with Gasteiger partial charge in [-0.05, 0) is 70.8 Å². The van der Waals surface area contributed by atoms with Gasteiger partial charge in [-0.1, -0.05) is 13.0 Å². The molecule has 2 aromatic carbocycles. The Balaban J connectivity index is 1.42. The Labute approximate surface area is 240 Å². The van der Waals surface area contributed by atoms with E-state index in [-0.39, 0.29) is 11.5 Å². The second kappa shape index (κ2) is 10.5. The number of rotatable bonds is 7. The van der Waals surface area contributed by atoms with E-state index >= 15 is 0 Å². The smallest absolute Gasteiger partial charge is 0.224 e. The summed E-state index contributed by atoms with van der Waals surface area (Å²) in [5.74, 6) is -0.693. The Kier molecular flexibility index (Phi) is 6.79. The zero-order valence-electron chi connectivity index (χ0n) is 22.6. The van der Waals surface area contributed by atoms with Crippen LogP contribution >= 0.6 is 0 Å². The maximum absolute atomic E-state index is 14.6. The van der Waals surface area contributed by atoms with Crippen LogP contribution in [0.4, 0.5) is 10.1 Å². The van der Waals surface area contributed by atoms with E-state index in [4.69, 9.17) is 5.73 Å². The number of anilines is 1. The maximum atomic E-state index is 14.6. The summed E-state index contributed by atoms with van der Waals surface area (Å²) < 4.78 is 38.7. The molecule has 5 N–H and O–H groups in total. The van der Waals surface area contributed by atoms with Crippen molar-refractivity contribution in [1.82, 2.24) is 25.1 Å². The van der Waals surface area contributed by atoms with Crippen LogP contribution in [0, 0.1) is 5.82 Å². The summed E-state index contributed by atoms with van der Waals surface area (Å²) >= 11 is 0. The van der Waals surface area contributed by atoms with Crippen LogP contribution in [0.3, 0.4) is 0 Å². The minimum atomic E-state index is -3.63. The fraction of sp³-hybridized carbons (Fsp3) is 0.133. The molecule has 42 heavy (non-hydrogen) atoms. The lowest BCUT2D eigenvalue weighted by atomic mass is 10.0. The molecule has 0 aliphatic rings. The molecule has 0 aliphatic heterocycles. The number of hydrogen-bond acceptors (Lipinski definition) is 7. The third-order valence-corrected chi connectivity index (χ3v) is 8.24. The first-order valence-electron chi connectivity index (χ1n) is 13.1. The number of nitrogens with zero attached hydrogens (tertiary/aromatic N) is 3. The second-order valence-electron chi connectivity index (χ2n) is 10.0. The number of pyridine rings is 2. The molecule has 4 heterocycles. The number of nitrogens with one attached hydrogen (secondary N) is 3. The van der Waals surface area contributed by atoms with Crippen molar-refractivity contribution in [2.24, 2.45) is 5.73 Å². The highest BCUT2D eigenvalue weighted by Gasteiger charge is 2.21. The molecule has 1 amide bonds. The zero-order chi connectivity index (χ0) is 29.6. The third-order valence-electron chi connectivity index (χ3n) is 7.05. The Bertz CT molecular complexity index is 2100. The number of hydrogen-bond donors (Lipinski definition) is 4. The number of H-pyrrole nitrogens is 2. The van der Waals surface area contributed by atoms with Gasteiger partial charge in [0.15, 0.2) is 9.84 Å². The van der Waals surface area contributed by atoms with Crippen molar-refractivity contribution < 1.29 is 17.6 Å². The van der Waals surface area contributed by atoms with Crippen molar-refractivity contribution in [2.75, 3.05) is 11.6 Å². The van der Waals surface area contributed by atoms with Crippen molar-refractivity contribution >= 4 is 43.4 Å². The number of amides is 1. The summed E-state index contributed by atoms with van der Waals surface area (Å²) in [7, 11) is -3.63. The molecule has 6 rings (SSSR count). The lowest BCUT2D eigenvalue weighted by Gasteiger charge is -2.12. The first-order valence-corrected chi connectivity index (χ1v) is 15.0. The highest BCUT2D eigenvalue weighted by Crippen LogP contribution is 2.36. The van der Waals surface area contributed by atoms with E-state index in [1.54, 1.807) is 37.6 Å². The molecule has 0 saturated carbocycles. The van der Waals surface area contributed by atoms with Gasteiger partial charge in [0.25, 0.3) is 0 Å². The van der Waals surface area contributed by atoms with E-state index in [0.29, 0.717) is 45.7 Å². The van der Waals surface area contributed by atoms with Gasteiger partial charge in [-0.3, -0.25) is 14.9 Å². The Morgan fingerprint density at radius 1 is 1.02 bits per heavy atom. The molecule has 0 aliphatic carbocycles. The number of sulfone groups is 1. The predicted molar refractivity (Wildman–Crippen MR) is 160 cm³/mol. The van der Waals surface area contributed by atoms with E-state index in [1.807, 2.05) is 30.3 Å². The summed E-state index contributed by atoms with van der Waals surface area (Å²) in [6.45, 7) is 1.79. The van der Waals surface area contributed by atoms with Gasteiger partial charge >= 0.3 is 0 Å². The van der Waals surface area contributed by atoms with Gasteiger partial charge in [-0.25, -0.2) is 17.8 Å². The molecule has 0 radical (unpaired) electrons. The minimum Gasteiger partial charge on any atom is -0.338 e. The number of carbonyl (C=O) groups excluding carboxylic acids is 1. The number of aromatic nitrogens is 5. The summed E-state index contributed by atoms with van der Waals surface area (Å²) in [5, 5.41) is 10.6. The van der Waals surface area contributed by atoms with Crippen LogP contribution in [0.25, 0.3) is 55.6 Å². The quantitative estimate of drug-likeness (QED) is 0.198. The number of halogens is 1. The molecule has 4 aromatic heterocycles. The summed E-state index contributed by atoms with van der Waals surface area (Å²) in [6, 6.07) is 15.4. The highest BCUT2D eigenvalue weighted by molar-refractivity contribution is 7.90. The van der Waals surface area contributed by atoms with E-state index < -0.39 is 21.0 Å². The van der Waals surface area contributed by atoms with Crippen molar-refractivity contribution in [2.45, 2.75) is 18.7 Å². The van der Waals surface area contributed by atoms with Crippen LogP contribution in [0.1, 0.15) is 24.3 Å². The Morgan fingerprint density at radius 2 is 1.86 bits per heavy atom. The predicted octanol–water partition coefficient (Wildman–Crippen LogP) is 5.32. The SMILES string of the molecule is CCC(=O)Nc1cncc(-c2ccc3[nH]nc(-c4cc5c(-c6cc(F)cc(C(N)S(C)(=O)=O)c6)ccnc5[nH]4)c3c2)c1. The summed E-state index contributed by atoms with van der Waals surface area (Å²) in [6.07, 6.45) is 6.30. The summed E-state index contributed by atoms with van der Waals surface area (Å²) in [4.78, 5) is 23.9. The standard InChI is InChI=1S/C30H26FN7O3S/c1-3-27(39)35-21-11-19(14-33-15-21)16-4-5-25-24(12-16)28(38-37-25)26-13-23-22(6-7-34-30(23)36-26)17-8-18(10-20(31)9-17)29(32)42(2,40)41/h4-15,29H,3,32H2,1-2H3,(H,34,36)(H,35,39)(H,37,38). The number of fused-ring (bicyclic) bond motifs is 2. The van der Waals surface area contributed by atoms with Gasteiger partial charge in [0.05, 0.1) is 23.1 Å². The first-order chi connectivity index (χ1) is 20.1. The fourth-order valence-corrected chi connectivity index (χ4v) is 5.53. The monoisotopic (exact) mass is 583 g/mol. The minimum absolute atomic E-state index is 0.0963. The van der Waals surface area contributed by atoms with Crippen LogP contribution in [-0.4, -0.2) is 45.7 Å². The van der Waals surface area contributed by atoms with Crippen LogP contribution < -0.4 is 11.1 Å². The topological polar surface area (TPSA) is 160 Å². The van der Waals surface area contributed by atoms with Crippen molar-refractivity contribution in [3.05, 3.63) is 84.6 Å². The molecule has 12 heteroatoms. The average Bonchev–Trinajstić information content (AvgIpc) is 3.59. The Hall–Kier alpha value is -4.94. The van der Waals surface area contributed by atoms with E-state index in [9.17, 15) is 17.6 Å². The van der Waals surface area contributed by atoms with E-state index in [1.165, 1.54) is 6.07 Å². The van der Waals surface area contributed by atoms with Gasteiger partial charge in [0.2, 0.25) is 5.91 Å². The molecular formula is C30H26FN7O3S. The normalized spacial score (nSPS) is 12.6. The number of carbonyl (C=O) groups is 1. The molecule has 212 valence electrons. The van der Waals surface area contributed by atoms with Gasteiger partial charge in [-0.15, -0.1) is 0 Å². The number of benzene rings is 2. The third kappa shape index (κ3) is 5.13. The lowest BCUT2D eigenvalue weighted by molar-refractivity contribution is -0.115. The largest absolute Gasteiger partial charge is 0.338 e. The number of aromatic amines is 2.